The van der Waals surface area contributed by atoms with Crippen LogP contribution in [0.1, 0.15) is 0 Å². The molecular formula is C25H70Cl2N5O8P. The first-order valence-electron chi connectivity index (χ1n) is 12.9. The fraction of sp³-hybridized carbons (Fsp3) is 1.00. The quantitative estimate of drug-likeness (QED) is 0.113. The van der Waals surface area contributed by atoms with E-state index in [2.05, 4.69) is 106 Å². The Hall–Kier alpha value is 0.490. The molecule has 0 saturated carbocycles. The zero-order chi connectivity index (χ0) is 33.1. The first kappa shape index (κ1) is 60.6. The van der Waals surface area contributed by atoms with E-state index >= 15 is 0 Å². The smallest absolute Gasteiger partial charge is 0.101 e. The molecule has 0 aliphatic heterocycles. The van der Waals surface area contributed by atoms with Crippen molar-refractivity contribution in [2.24, 2.45) is 0 Å². The van der Waals surface area contributed by atoms with Crippen molar-refractivity contribution in [2.45, 2.75) is 0 Å². The molecule has 0 aromatic carbocycles. The maximum absolute atomic E-state index is 8.48. The Bertz CT molecular complexity index is 387. The van der Waals surface area contributed by atoms with Crippen LogP contribution in [0.4, 0.5) is 0 Å². The van der Waals surface area contributed by atoms with Crippen LogP contribution in [0, 0.1) is 0 Å². The van der Waals surface area contributed by atoms with E-state index in [9.17, 15) is 0 Å². The maximum atomic E-state index is 8.48. The standard InChI is InChI=1S/5C5H14NO.2ClH.O3P/c5*1-6(2,3)4-5-7;;;1-4(2)3/h5*7H,4-5H2,1-3H3;2*1H;/q5*+1;;;-3/p-2. The van der Waals surface area contributed by atoms with Gasteiger partial charge in [0.15, 0.2) is 0 Å². The number of nitrogens with zero attached hydrogens (tertiary/aromatic N) is 5. The average molecular weight is 671 g/mol. The van der Waals surface area contributed by atoms with Crippen LogP contribution in [0.15, 0.2) is 0 Å². The van der Waals surface area contributed by atoms with Gasteiger partial charge in [0.25, 0.3) is 0 Å². The van der Waals surface area contributed by atoms with Gasteiger partial charge in [-0.05, 0) is 0 Å². The van der Waals surface area contributed by atoms with Crippen molar-refractivity contribution >= 4 is 8.60 Å². The summed E-state index contributed by atoms with van der Waals surface area (Å²) in [4.78, 5) is 25.4. The van der Waals surface area contributed by atoms with Gasteiger partial charge in [-0.3, -0.25) is 0 Å². The van der Waals surface area contributed by atoms with Crippen molar-refractivity contribution in [1.29, 1.82) is 0 Å². The molecule has 0 rings (SSSR count). The topological polar surface area (TPSA) is 170 Å². The molecule has 0 aliphatic carbocycles. The fourth-order valence-electron chi connectivity index (χ4n) is 1.50. The third-order valence-electron chi connectivity index (χ3n) is 3.85. The van der Waals surface area contributed by atoms with Gasteiger partial charge in [0.1, 0.15) is 32.7 Å². The lowest BCUT2D eigenvalue weighted by Crippen LogP contribution is -3.00. The Kier molecular flexibility index (Phi) is 49.4. The van der Waals surface area contributed by atoms with Gasteiger partial charge in [0.05, 0.1) is 139 Å². The van der Waals surface area contributed by atoms with E-state index in [0.29, 0.717) is 0 Å². The molecule has 0 bridgehead atoms. The number of aliphatic hydroxyl groups excluding tert-OH is 5. The lowest BCUT2D eigenvalue weighted by Gasteiger charge is -2.39. The monoisotopic (exact) mass is 669 g/mol. The third-order valence-corrected chi connectivity index (χ3v) is 3.85. The SMILES string of the molecule is C[N+](C)(C)CCO.C[N+](C)(C)CCO.C[N+](C)(C)CCO.C[N+](C)(C)CCO.C[N+](C)(C)CCO.[Cl-].[Cl-].[O-]P([O-])[O-]. The second kappa shape index (κ2) is 33.4. The molecule has 0 amide bonds. The van der Waals surface area contributed by atoms with Crippen LogP contribution >= 0.6 is 8.60 Å². The van der Waals surface area contributed by atoms with Crippen LogP contribution in [0.25, 0.3) is 0 Å². The largest absolute Gasteiger partial charge is 1.00 e. The van der Waals surface area contributed by atoms with E-state index in [-0.39, 0.29) is 57.8 Å². The summed E-state index contributed by atoms with van der Waals surface area (Å²) in [6, 6.07) is 0. The molecule has 5 N–H and O–H groups in total. The summed E-state index contributed by atoms with van der Waals surface area (Å²) in [5.41, 5.74) is 0. The van der Waals surface area contributed by atoms with Crippen LogP contribution in [-0.2, 0) is 0 Å². The predicted molar refractivity (Wildman–Crippen MR) is 157 cm³/mol. The second-order valence-corrected chi connectivity index (χ2v) is 14.4. The number of halogens is 2. The Balaban J connectivity index is -0.0000000530. The molecule has 16 heteroatoms. The van der Waals surface area contributed by atoms with Gasteiger partial charge in [-0.1, -0.05) is 0 Å². The summed E-state index contributed by atoms with van der Waals surface area (Å²) in [5.74, 6) is 0. The van der Waals surface area contributed by atoms with E-state index < -0.39 is 8.60 Å². The molecule has 0 aromatic heterocycles. The molecule has 0 aromatic rings. The molecule has 0 radical (unpaired) electrons. The Morgan fingerprint density at radius 3 is 0.415 bits per heavy atom. The summed E-state index contributed by atoms with van der Waals surface area (Å²) in [7, 11) is 27.4. The van der Waals surface area contributed by atoms with Gasteiger partial charge in [-0.25, -0.2) is 0 Å². The maximum Gasteiger partial charge on any atom is 0.101 e. The fourth-order valence-corrected chi connectivity index (χ4v) is 1.50. The number of quaternary nitrogens is 5. The Morgan fingerprint density at radius 2 is 0.415 bits per heavy atom. The lowest BCUT2D eigenvalue weighted by molar-refractivity contribution is -0.870. The summed E-state index contributed by atoms with van der Waals surface area (Å²) in [5, 5.41) is 41.9. The minimum Gasteiger partial charge on any atom is -1.00 e. The Morgan fingerprint density at radius 1 is 0.341 bits per heavy atom. The van der Waals surface area contributed by atoms with Crippen LogP contribution in [0.2, 0.25) is 0 Å². The molecule has 0 unspecified atom stereocenters. The number of likely N-dealkylation sites (N-methyl/N-ethyl adjacent to an activating group) is 5. The Labute approximate surface area is 267 Å². The minimum absolute atomic E-state index is 0. The predicted octanol–water partition coefficient (Wildman–Crippen LogP) is -10.3. The minimum atomic E-state index is -3.37. The molecule has 0 saturated heterocycles. The van der Waals surface area contributed by atoms with Crippen molar-refractivity contribution in [3.8, 4) is 0 Å². The highest BCUT2D eigenvalue weighted by molar-refractivity contribution is 7.33. The van der Waals surface area contributed by atoms with E-state index in [1.807, 2.05) is 0 Å². The number of aliphatic hydroxyl groups is 5. The van der Waals surface area contributed by atoms with Crippen molar-refractivity contribution < 1.29 is 87.4 Å². The molecule has 0 atom stereocenters. The number of rotatable bonds is 10. The number of hydrogen-bond donors (Lipinski definition) is 5. The molecule has 0 aliphatic rings. The molecule has 0 fully saturated rings. The van der Waals surface area contributed by atoms with E-state index in [1.54, 1.807) is 0 Å². The highest BCUT2D eigenvalue weighted by atomic mass is 35.5. The normalized spacial score (nSPS) is 11.1. The van der Waals surface area contributed by atoms with Gasteiger partial charge in [0, 0.05) is 0 Å². The third kappa shape index (κ3) is 143. The summed E-state index contributed by atoms with van der Waals surface area (Å²) < 4.78 is 4.22. The molecule has 0 spiro atoms. The molecule has 41 heavy (non-hydrogen) atoms. The summed E-state index contributed by atoms with van der Waals surface area (Å²) >= 11 is 0. The zero-order valence-electron chi connectivity index (χ0n) is 29.0. The van der Waals surface area contributed by atoms with Crippen LogP contribution in [0.3, 0.4) is 0 Å². The van der Waals surface area contributed by atoms with E-state index in [4.69, 9.17) is 40.2 Å². The van der Waals surface area contributed by atoms with Gasteiger partial charge >= 0.3 is 0 Å². The zero-order valence-corrected chi connectivity index (χ0v) is 31.4. The van der Waals surface area contributed by atoms with Crippen LogP contribution < -0.4 is 39.5 Å². The van der Waals surface area contributed by atoms with Crippen molar-refractivity contribution in [1.82, 2.24) is 0 Å². The van der Waals surface area contributed by atoms with Crippen molar-refractivity contribution in [3.63, 3.8) is 0 Å². The molecule has 13 nitrogen and oxygen atoms in total. The molecule has 262 valence electrons. The van der Waals surface area contributed by atoms with Gasteiger partial charge in [-0.15, -0.1) is 0 Å². The van der Waals surface area contributed by atoms with Gasteiger partial charge < -0.3 is 96.0 Å². The van der Waals surface area contributed by atoms with Gasteiger partial charge in [-0.2, -0.15) is 0 Å². The summed E-state index contributed by atoms with van der Waals surface area (Å²) in [6.45, 7) is 5.57. The van der Waals surface area contributed by atoms with Crippen LogP contribution in [-0.4, -0.2) is 219 Å². The average Bonchev–Trinajstić information content (AvgIpc) is 2.58. The molecule has 0 heterocycles. The van der Waals surface area contributed by atoms with Crippen LogP contribution in [0.5, 0.6) is 0 Å². The van der Waals surface area contributed by atoms with Crippen molar-refractivity contribution in [3.05, 3.63) is 0 Å². The summed E-state index contributed by atoms with van der Waals surface area (Å²) in [6.07, 6.45) is 0. The highest BCUT2D eigenvalue weighted by Gasteiger charge is 2.04. The number of hydrogen-bond acceptors (Lipinski definition) is 8. The van der Waals surface area contributed by atoms with E-state index in [1.165, 1.54) is 0 Å². The lowest BCUT2D eigenvalue weighted by atomic mass is 10.5. The molecular weight excluding hydrogens is 600 g/mol. The second-order valence-electron chi connectivity index (χ2n) is 13.9. The van der Waals surface area contributed by atoms with Gasteiger partial charge in [0.2, 0.25) is 0 Å². The van der Waals surface area contributed by atoms with E-state index in [0.717, 1.165) is 55.1 Å². The first-order chi connectivity index (χ1) is 17.0. The van der Waals surface area contributed by atoms with Crippen molar-refractivity contribution in [2.75, 3.05) is 171 Å². The first-order valence-corrected chi connectivity index (χ1v) is 14.0. The highest BCUT2D eigenvalue weighted by Crippen LogP contribution is 1.87.